The Balaban J connectivity index is 1.12. The van der Waals surface area contributed by atoms with Crippen molar-refractivity contribution in [1.29, 1.82) is 0 Å². The quantitative estimate of drug-likeness (QED) is 0.388. The standard InChI is InChI=1S/C30H47F/c1-2-3-23-4-6-24(7-5-23)8-9-25-10-14-27(15-11-25)29-18-20-30(21-19-29)28-16-12-26(22-31)13-17-28/h12-13,16-17,23-25,27,29-30H,2-11,14-15,18-22H2,1H3/t23-,24-,25-,27-,29?,30?. The molecule has 0 aromatic heterocycles. The van der Waals surface area contributed by atoms with E-state index >= 15 is 0 Å². The van der Waals surface area contributed by atoms with Crippen molar-refractivity contribution >= 4 is 0 Å². The van der Waals surface area contributed by atoms with Crippen LogP contribution in [-0.2, 0) is 6.67 Å². The van der Waals surface area contributed by atoms with Crippen LogP contribution < -0.4 is 0 Å². The van der Waals surface area contributed by atoms with Crippen molar-refractivity contribution in [2.24, 2.45) is 29.6 Å². The van der Waals surface area contributed by atoms with Gasteiger partial charge in [0, 0.05) is 0 Å². The molecule has 0 unspecified atom stereocenters. The predicted octanol–water partition coefficient (Wildman–Crippen LogP) is 9.62. The number of benzene rings is 1. The van der Waals surface area contributed by atoms with E-state index in [9.17, 15) is 4.39 Å². The molecule has 0 heterocycles. The second-order valence-corrected chi connectivity index (χ2v) is 11.5. The van der Waals surface area contributed by atoms with Gasteiger partial charge in [-0.15, -0.1) is 0 Å². The smallest absolute Gasteiger partial charge is 0.115 e. The Morgan fingerprint density at radius 1 is 0.613 bits per heavy atom. The Kier molecular flexibility index (Phi) is 8.91. The summed E-state index contributed by atoms with van der Waals surface area (Å²) in [7, 11) is 0. The normalized spacial score (nSPS) is 34.5. The molecule has 0 radical (unpaired) electrons. The first-order valence-electron chi connectivity index (χ1n) is 13.9. The van der Waals surface area contributed by atoms with Gasteiger partial charge in [0.1, 0.15) is 6.67 Å². The molecule has 4 rings (SSSR count). The maximum Gasteiger partial charge on any atom is 0.115 e. The van der Waals surface area contributed by atoms with E-state index in [0.717, 1.165) is 35.2 Å². The summed E-state index contributed by atoms with van der Waals surface area (Å²) in [5.74, 6) is 5.86. The lowest BCUT2D eigenvalue weighted by molar-refractivity contribution is 0.149. The molecule has 3 aliphatic rings. The lowest BCUT2D eigenvalue weighted by atomic mass is 9.67. The molecule has 31 heavy (non-hydrogen) atoms. The van der Waals surface area contributed by atoms with Crippen molar-refractivity contribution in [2.75, 3.05) is 0 Å². The molecule has 0 atom stereocenters. The molecule has 0 aliphatic heterocycles. The van der Waals surface area contributed by atoms with Crippen LogP contribution in [0.3, 0.4) is 0 Å². The lowest BCUT2D eigenvalue weighted by Gasteiger charge is -2.38. The first-order chi connectivity index (χ1) is 15.2. The maximum absolute atomic E-state index is 12.8. The number of hydrogen-bond acceptors (Lipinski definition) is 0. The highest BCUT2D eigenvalue weighted by Crippen LogP contribution is 2.45. The maximum atomic E-state index is 12.8. The van der Waals surface area contributed by atoms with E-state index in [1.807, 2.05) is 12.1 Å². The van der Waals surface area contributed by atoms with Crippen molar-refractivity contribution in [2.45, 2.75) is 122 Å². The number of rotatable bonds is 8. The van der Waals surface area contributed by atoms with Gasteiger partial charge in [0.25, 0.3) is 0 Å². The summed E-state index contributed by atoms with van der Waals surface area (Å²) in [6, 6.07) is 8.34. The van der Waals surface area contributed by atoms with Gasteiger partial charge in [-0.05, 0) is 85.2 Å². The van der Waals surface area contributed by atoms with E-state index in [4.69, 9.17) is 0 Å². The van der Waals surface area contributed by atoms with E-state index < -0.39 is 0 Å². The van der Waals surface area contributed by atoms with E-state index in [2.05, 4.69) is 19.1 Å². The summed E-state index contributed by atoms with van der Waals surface area (Å²) in [5.41, 5.74) is 2.27. The van der Waals surface area contributed by atoms with Crippen molar-refractivity contribution < 1.29 is 4.39 Å². The van der Waals surface area contributed by atoms with Crippen LogP contribution in [0.1, 0.15) is 127 Å². The Labute approximate surface area is 191 Å². The molecule has 174 valence electrons. The van der Waals surface area contributed by atoms with Gasteiger partial charge in [0.05, 0.1) is 0 Å². The highest BCUT2D eigenvalue weighted by Gasteiger charge is 2.31. The van der Waals surface area contributed by atoms with Crippen molar-refractivity contribution in [3.63, 3.8) is 0 Å². The van der Waals surface area contributed by atoms with Gasteiger partial charge in [0.2, 0.25) is 0 Å². The first-order valence-corrected chi connectivity index (χ1v) is 13.9. The van der Waals surface area contributed by atoms with Crippen molar-refractivity contribution in [3.8, 4) is 0 Å². The van der Waals surface area contributed by atoms with Crippen LogP contribution >= 0.6 is 0 Å². The molecular weight excluding hydrogens is 379 g/mol. The van der Waals surface area contributed by atoms with Gasteiger partial charge in [-0.3, -0.25) is 0 Å². The summed E-state index contributed by atoms with van der Waals surface area (Å²) in [5, 5.41) is 0. The van der Waals surface area contributed by atoms with Crippen molar-refractivity contribution in [1.82, 2.24) is 0 Å². The van der Waals surface area contributed by atoms with Crippen LogP contribution in [0.2, 0.25) is 0 Å². The number of alkyl halides is 1. The van der Waals surface area contributed by atoms with Crippen LogP contribution in [-0.4, -0.2) is 0 Å². The van der Waals surface area contributed by atoms with E-state index in [1.54, 1.807) is 0 Å². The summed E-state index contributed by atoms with van der Waals surface area (Å²) in [6.07, 6.45) is 23.6. The first kappa shape index (κ1) is 23.3. The van der Waals surface area contributed by atoms with Crippen molar-refractivity contribution in [3.05, 3.63) is 35.4 Å². The molecule has 3 aliphatic carbocycles. The fourth-order valence-corrected chi connectivity index (χ4v) is 7.44. The summed E-state index contributed by atoms with van der Waals surface area (Å²) < 4.78 is 12.8. The van der Waals surface area contributed by atoms with Gasteiger partial charge in [-0.2, -0.15) is 0 Å². The minimum atomic E-state index is -0.338. The molecule has 3 fully saturated rings. The largest absolute Gasteiger partial charge is 0.246 e. The van der Waals surface area contributed by atoms with Gasteiger partial charge in [-0.25, -0.2) is 4.39 Å². The molecule has 0 bridgehead atoms. The molecule has 1 heteroatoms. The van der Waals surface area contributed by atoms with Crippen LogP contribution in [0.4, 0.5) is 4.39 Å². The Morgan fingerprint density at radius 2 is 1.06 bits per heavy atom. The lowest BCUT2D eigenvalue weighted by Crippen LogP contribution is -2.25. The van der Waals surface area contributed by atoms with Crippen LogP contribution in [0.15, 0.2) is 24.3 Å². The Bertz CT molecular complexity index is 610. The summed E-state index contributed by atoms with van der Waals surface area (Å²) in [6.45, 7) is 2.01. The minimum Gasteiger partial charge on any atom is -0.246 e. The Hall–Kier alpha value is -0.850. The molecule has 0 saturated heterocycles. The predicted molar refractivity (Wildman–Crippen MR) is 131 cm³/mol. The monoisotopic (exact) mass is 426 g/mol. The second-order valence-electron chi connectivity index (χ2n) is 11.5. The molecule has 0 amide bonds. The topological polar surface area (TPSA) is 0 Å². The van der Waals surface area contributed by atoms with Gasteiger partial charge < -0.3 is 0 Å². The molecule has 0 spiro atoms. The van der Waals surface area contributed by atoms with Crippen LogP contribution in [0, 0.1) is 29.6 Å². The third-order valence-corrected chi connectivity index (χ3v) is 9.58. The molecule has 0 N–H and O–H groups in total. The van der Waals surface area contributed by atoms with Crippen LogP contribution in [0.25, 0.3) is 0 Å². The molecule has 3 saturated carbocycles. The van der Waals surface area contributed by atoms with Gasteiger partial charge in [0.15, 0.2) is 0 Å². The van der Waals surface area contributed by atoms with Gasteiger partial charge in [-0.1, -0.05) is 95.4 Å². The zero-order valence-electron chi connectivity index (χ0n) is 20.2. The fraction of sp³-hybridized carbons (Fsp3) is 0.800. The fourth-order valence-electron chi connectivity index (χ4n) is 7.44. The van der Waals surface area contributed by atoms with Gasteiger partial charge >= 0.3 is 0 Å². The SMILES string of the molecule is CCC[C@H]1CC[C@H](CC[C@H]2CC[C@H](C3CCC(c4ccc(CF)cc4)CC3)CC2)CC1. The number of hydrogen-bond donors (Lipinski definition) is 0. The second kappa shape index (κ2) is 11.9. The summed E-state index contributed by atoms with van der Waals surface area (Å²) >= 11 is 0. The van der Waals surface area contributed by atoms with E-state index in [0.29, 0.717) is 5.92 Å². The highest BCUT2D eigenvalue weighted by molar-refractivity contribution is 5.25. The molecular formula is C30H47F. The average Bonchev–Trinajstić information content (AvgIpc) is 2.84. The highest BCUT2D eigenvalue weighted by atomic mass is 19.1. The van der Waals surface area contributed by atoms with E-state index in [1.165, 1.54) is 108 Å². The molecule has 1 aromatic rings. The zero-order chi connectivity index (χ0) is 21.5. The third kappa shape index (κ3) is 6.58. The average molecular weight is 427 g/mol. The minimum absolute atomic E-state index is 0.338. The summed E-state index contributed by atoms with van der Waals surface area (Å²) in [4.78, 5) is 0. The molecule has 0 nitrogen and oxygen atoms in total. The number of halogens is 1. The third-order valence-electron chi connectivity index (χ3n) is 9.58. The Morgan fingerprint density at radius 3 is 1.55 bits per heavy atom. The molecule has 1 aromatic carbocycles. The van der Waals surface area contributed by atoms with E-state index in [-0.39, 0.29) is 6.67 Å². The van der Waals surface area contributed by atoms with Crippen LogP contribution in [0.5, 0.6) is 0 Å². The zero-order valence-corrected chi connectivity index (χ0v) is 20.2.